The van der Waals surface area contributed by atoms with Crippen LogP contribution in [0.15, 0.2) is 41.0 Å². The highest BCUT2D eigenvalue weighted by Gasteiger charge is 2.46. The molecule has 1 unspecified atom stereocenters. The SMILES string of the molecule is O=C(NC1(c2cccc(Br)c2)CC1)c1ccn(C2CCCNC2)n1. The van der Waals surface area contributed by atoms with Gasteiger partial charge in [-0.1, -0.05) is 28.1 Å². The lowest BCUT2D eigenvalue weighted by Gasteiger charge is -2.23. The monoisotopic (exact) mass is 388 g/mol. The fourth-order valence-electron chi connectivity index (χ4n) is 3.40. The summed E-state index contributed by atoms with van der Waals surface area (Å²) in [5.41, 5.74) is 1.43. The van der Waals surface area contributed by atoms with E-state index in [9.17, 15) is 4.79 Å². The van der Waals surface area contributed by atoms with Crippen molar-refractivity contribution in [3.8, 4) is 0 Å². The summed E-state index contributed by atoms with van der Waals surface area (Å²) >= 11 is 3.51. The standard InChI is InChI=1S/C18H21BrN4O/c19-14-4-1-3-13(11-14)18(7-8-18)21-17(24)16-6-10-23(22-16)15-5-2-9-20-12-15/h1,3-4,6,10-11,15,20H,2,5,7-9,12H2,(H,21,24). The van der Waals surface area contributed by atoms with Crippen LogP contribution in [0, 0.1) is 0 Å². The lowest BCUT2D eigenvalue weighted by atomic mass is 10.0. The maximum Gasteiger partial charge on any atom is 0.272 e. The number of amides is 1. The Kier molecular flexibility index (Phi) is 4.18. The van der Waals surface area contributed by atoms with Crippen LogP contribution in [-0.4, -0.2) is 28.8 Å². The Morgan fingerprint density at radius 3 is 2.96 bits per heavy atom. The average Bonchev–Trinajstić information content (AvgIpc) is 3.21. The van der Waals surface area contributed by atoms with Gasteiger partial charge < -0.3 is 10.6 Å². The first kappa shape index (κ1) is 15.8. The van der Waals surface area contributed by atoms with Gasteiger partial charge in [0.15, 0.2) is 0 Å². The summed E-state index contributed by atoms with van der Waals surface area (Å²) in [6.45, 7) is 1.99. The summed E-state index contributed by atoms with van der Waals surface area (Å²) in [6, 6.07) is 10.3. The van der Waals surface area contributed by atoms with Gasteiger partial charge in [-0.3, -0.25) is 9.48 Å². The van der Waals surface area contributed by atoms with Crippen molar-refractivity contribution in [3.05, 3.63) is 52.3 Å². The van der Waals surface area contributed by atoms with Crippen molar-refractivity contribution in [2.24, 2.45) is 0 Å². The van der Waals surface area contributed by atoms with E-state index in [4.69, 9.17) is 0 Å². The highest BCUT2D eigenvalue weighted by atomic mass is 79.9. The van der Waals surface area contributed by atoms with E-state index in [0.29, 0.717) is 11.7 Å². The summed E-state index contributed by atoms with van der Waals surface area (Å²) in [5, 5.41) is 11.1. The number of halogens is 1. The smallest absolute Gasteiger partial charge is 0.272 e. The molecule has 4 rings (SSSR count). The number of benzene rings is 1. The molecule has 2 N–H and O–H groups in total. The number of hydrogen-bond acceptors (Lipinski definition) is 3. The van der Waals surface area contributed by atoms with Crippen molar-refractivity contribution in [2.75, 3.05) is 13.1 Å². The third kappa shape index (κ3) is 3.13. The topological polar surface area (TPSA) is 59.0 Å². The van der Waals surface area contributed by atoms with E-state index in [0.717, 1.165) is 48.8 Å². The maximum absolute atomic E-state index is 12.6. The van der Waals surface area contributed by atoms with Gasteiger partial charge in [0.25, 0.3) is 5.91 Å². The summed E-state index contributed by atoms with van der Waals surface area (Å²) < 4.78 is 2.97. The van der Waals surface area contributed by atoms with Crippen LogP contribution < -0.4 is 10.6 Å². The normalized spacial score (nSPS) is 22.1. The van der Waals surface area contributed by atoms with Gasteiger partial charge >= 0.3 is 0 Å². The molecule has 0 spiro atoms. The third-order valence-corrected chi connectivity index (χ3v) is 5.46. The molecule has 1 aromatic heterocycles. The molecule has 1 amide bonds. The van der Waals surface area contributed by atoms with E-state index in [-0.39, 0.29) is 11.4 Å². The Labute approximate surface area is 149 Å². The van der Waals surface area contributed by atoms with Crippen molar-refractivity contribution in [3.63, 3.8) is 0 Å². The zero-order valence-corrected chi connectivity index (χ0v) is 15.1. The molecule has 126 valence electrons. The molecule has 2 heterocycles. The number of nitrogens with zero attached hydrogens (tertiary/aromatic N) is 2. The van der Waals surface area contributed by atoms with Gasteiger partial charge in [0, 0.05) is 17.2 Å². The van der Waals surface area contributed by atoms with Gasteiger partial charge in [-0.15, -0.1) is 0 Å². The fraction of sp³-hybridized carbons (Fsp3) is 0.444. The number of aromatic nitrogens is 2. The fourth-order valence-corrected chi connectivity index (χ4v) is 3.80. The van der Waals surface area contributed by atoms with Gasteiger partial charge in [-0.05, 0) is 56.0 Å². The largest absolute Gasteiger partial charge is 0.341 e. The zero-order chi connectivity index (χ0) is 16.6. The van der Waals surface area contributed by atoms with Crippen LogP contribution in [0.5, 0.6) is 0 Å². The summed E-state index contributed by atoms with van der Waals surface area (Å²) in [5.74, 6) is -0.0880. The Morgan fingerprint density at radius 2 is 2.25 bits per heavy atom. The van der Waals surface area contributed by atoms with E-state index in [2.05, 4.69) is 43.8 Å². The first-order valence-corrected chi connectivity index (χ1v) is 9.30. The van der Waals surface area contributed by atoms with E-state index in [1.54, 1.807) is 0 Å². The van der Waals surface area contributed by atoms with Crippen LogP contribution >= 0.6 is 15.9 Å². The number of piperidine rings is 1. The van der Waals surface area contributed by atoms with E-state index in [1.165, 1.54) is 0 Å². The molecule has 2 aliphatic rings. The van der Waals surface area contributed by atoms with Crippen molar-refractivity contribution < 1.29 is 4.79 Å². The van der Waals surface area contributed by atoms with Gasteiger partial charge in [0.1, 0.15) is 5.69 Å². The Bertz CT molecular complexity index is 747. The Hall–Kier alpha value is -1.66. The maximum atomic E-state index is 12.6. The van der Waals surface area contributed by atoms with Crippen molar-refractivity contribution in [1.82, 2.24) is 20.4 Å². The molecule has 0 bridgehead atoms. The molecule has 1 atom stereocenters. The third-order valence-electron chi connectivity index (χ3n) is 4.97. The summed E-state index contributed by atoms with van der Waals surface area (Å²) in [4.78, 5) is 12.6. The number of carbonyl (C=O) groups excluding carboxylic acids is 1. The molecule has 1 aliphatic heterocycles. The number of carbonyl (C=O) groups is 1. The van der Waals surface area contributed by atoms with Crippen molar-refractivity contribution in [2.45, 2.75) is 37.3 Å². The molecular weight excluding hydrogens is 368 g/mol. The van der Waals surface area contributed by atoms with Crippen LogP contribution in [0.1, 0.15) is 47.8 Å². The van der Waals surface area contributed by atoms with E-state index >= 15 is 0 Å². The van der Waals surface area contributed by atoms with Crippen LogP contribution in [0.4, 0.5) is 0 Å². The lowest BCUT2D eigenvalue weighted by Crippen LogP contribution is -2.35. The molecule has 1 saturated carbocycles. The minimum Gasteiger partial charge on any atom is -0.341 e. The van der Waals surface area contributed by atoms with Crippen molar-refractivity contribution in [1.29, 1.82) is 0 Å². The molecule has 2 aromatic rings. The molecule has 6 heteroatoms. The number of nitrogens with one attached hydrogen (secondary N) is 2. The first-order chi connectivity index (χ1) is 11.7. The molecule has 1 saturated heterocycles. The summed E-state index contributed by atoms with van der Waals surface area (Å²) in [7, 11) is 0. The predicted octanol–water partition coefficient (Wildman–Crippen LogP) is 2.99. The molecule has 5 nitrogen and oxygen atoms in total. The molecule has 2 fully saturated rings. The second-order valence-corrected chi connectivity index (χ2v) is 7.64. The van der Waals surface area contributed by atoms with Crippen LogP contribution in [0.2, 0.25) is 0 Å². The average molecular weight is 389 g/mol. The Morgan fingerprint density at radius 1 is 1.38 bits per heavy atom. The predicted molar refractivity (Wildman–Crippen MR) is 95.9 cm³/mol. The van der Waals surface area contributed by atoms with Gasteiger partial charge in [0.05, 0.1) is 11.6 Å². The Balaban J connectivity index is 1.47. The zero-order valence-electron chi connectivity index (χ0n) is 13.5. The summed E-state index contributed by atoms with van der Waals surface area (Å²) in [6.07, 6.45) is 6.13. The van der Waals surface area contributed by atoms with Crippen LogP contribution in [0.25, 0.3) is 0 Å². The van der Waals surface area contributed by atoms with Crippen LogP contribution in [-0.2, 0) is 5.54 Å². The van der Waals surface area contributed by atoms with Gasteiger partial charge in [-0.25, -0.2) is 0 Å². The second-order valence-electron chi connectivity index (χ2n) is 6.73. The van der Waals surface area contributed by atoms with Crippen LogP contribution in [0.3, 0.4) is 0 Å². The quantitative estimate of drug-likeness (QED) is 0.846. The molecule has 0 radical (unpaired) electrons. The molecular formula is C18H21BrN4O. The molecule has 1 aliphatic carbocycles. The second kappa shape index (κ2) is 6.33. The van der Waals surface area contributed by atoms with E-state index in [1.807, 2.05) is 29.1 Å². The highest BCUT2D eigenvalue weighted by Crippen LogP contribution is 2.46. The van der Waals surface area contributed by atoms with Gasteiger partial charge in [-0.2, -0.15) is 5.10 Å². The van der Waals surface area contributed by atoms with E-state index < -0.39 is 0 Å². The van der Waals surface area contributed by atoms with Crippen molar-refractivity contribution >= 4 is 21.8 Å². The van der Waals surface area contributed by atoms with Gasteiger partial charge in [0.2, 0.25) is 0 Å². The highest BCUT2D eigenvalue weighted by molar-refractivity contribution is 9.10. The minimum atomic E-state index is -0.225. The first-order valence-electron chi connectivity index (χ1n) is 8.51. The number of rotatable bonds is 4. The molecule has 24 heavy (non-hydrogen) atoms. The number of hydrogen-bond donors (Lipinski definition) is 2. The lowest BCUT2D eigenvalue weighted by molar-refractivity contribution is 0.0924. The minimum absolute atomic E-state index is 0.0880. The molecule has 1 aromatic carbocycles.